The second-order valence-corrected chi connectivity index (χ2v) is 7.56. The third kappa shape index (κ3) is 6.89. The van der Waals surface area contributed by atoms with Gasteiger partial charge in [-0.3, -0.25) is 9.78 Å². The van der Waals surface area contributed by atoms with Gasteiger partial charge in [0.05, 0.1) is 13.2 Å². The van der Waals surface area contributed by atoms with E-state index in [1.54, 1.807) is 54.7 Å². The molecule has 0 aliphatic carbocycles. The number of pyridine rings is 1. The number of amides is 1. The summed E-state index contributed by atoms with van der Waals surface area (Å²) >= 11 is 5.88. The molecule has 6 nitrogen and oxygen atoms in total. The first-order valence-corrected chi connectivity index (χ1v) is 10.9. The maximum absolute atomic E-state index is 12.9. The molecule has 0 aliphatic heterocycles. The van der Waals surface area contributed by atoms with Gasteiger partial charge in [0.2, 0.25) is 0 Å². The van der Waals surface area contributed by atoms with Crippen molar-refractivity contribution < 1.29 is 19.0 Å². The molecule has 3 rings (SSSR count). The van der Waals surface area contributed by atoms with Crippen LogP contribution in [-0.4, -0.2) is 42.6 Å². The van der Waals surface area contributed by atoms with E-state index in [0.717, 1.165) is 11.3 Å². The zero-order valence-corrected chi connectivity index (χ0v) is 19.0. The topological polar surface area (TPSA) is 60.9 Å². The average Bonchev–Trinajstić information content (AvgIpc) is 2.82. The fraction of sp³-hybridized carbons (Fsp3) is 0.280. The number of carbonyl (C=O) groups excluding carboxylic acids is 1. The van der Waals surface area contributed by atoms with Crippen molar-refractivity contribution in [2.75, 3.05) is 26.8 Å². The van der Waals surface area contributed by atoms with Crippen LogP contribution >= 0.6 is 11.6 Å². The Morgan fingerprint density at radius 1 is 0.969 bits per heavy atom. The Labute approximate surface area is 193 Å². The van der Waals surface area contributed by atoms with Gasteiger partial charge in [0.15, 0.2) is 11.5 Å². The zero-order valence-electron chi connectivity index (χ0n) is 18.3. The molecular weight excluding hydrogens is 428 g/mol. The van der Waals surface area contributed by atoms with Crippen molar-refractivity contribution in [3.8, 4) is 17.2 Å². The zero-order chi connectivity index (χ0) is 22.8. The molecule has 1 heterocycles. The van der Waals surface area contributed by atoms with Crippen molar-refractivity contribution in [2.45, 2.75) is 20.0 Å². The number of aromatic nitrogens is 1. The number of carbonyl (C=O) groups is 1. The van der Waals surface area contributed by atoms with Crippen LogP contribution in [0.4, 0.5) is 0 Å². The molecule has 3 aromatic rings. The van der Waals surface area contributed by atoms with Gasteiger partial charge in [-0.2, -0.15) is 0 Å². The van der Waals surface area contributed by atoms with Gasteiger partial charge >= 0.3 is 0 Å². The molecule has 0 saturated carbocycles. The molecule has 0 aliphatic rings. The third-order valence-corrected chi connectivity index (χ3v) is 4.95. The highest BCUT2D eigenvalue weighted by atomic mass is 35.5. The SMILES string of the molecule is CCOc1cc(C(=O)N(C)CCCOc2ccc(Cl)cc2)ccc1OCc1ccncc1. The highest BCUT2D eigenvalue weighted by Crippen LogP contribution is 2.29. The Hall–Kier alpha value is -3.25. The van der Waals surface area contributed by atoms with Gasteiger partial charge < -0.3 is 19.1 Å². The van der Waals surface area contributed by atoms with Gasteiger partial charge in [0.25, 0.3) is 5.91 Å². The fourth-order valence-electron chi connectivity index (χ4n) is 3.01. The fourth-order valence-corrected chi connectivity index (χ4v) is 3.14. The Morgan fingerprint density at radius 3 is 2.44 bits per heavy atom. The molecule has 0 unspecified atom stereocenters. The highest BCUT2D eigenvalue weighted by molar-refractivity contribution is 6.30. The van der Waals surface area contributed by atoms with E-state index in [9.17, 15) is 4.79 Å². The predicted molar refractivity (Wildman–Crippen MR) is 125 cm³/mol. The first kappa shape index (κ1) is 23.4. The number of nitrogens with zero attached hydrogens (tertiary/aromatic N) is 2. The first-order valence-electron chi connectivity index (χ1n) is 10.5. The Kier molecular flexibility index (Phi) is 8.75. The summed E-state index contributed by atoms with van der Waals surface area (Å²) in [5.41, 5.74) is 1.55. The molecule has 7 heteroatoms. The Bertz CT molecular complexity index is 997. The molecular formula is C25H27ClN2O4. The van der Waals surface area contributed by atoms with Gasteiger partial charge in [-0.05, 0) is 73.5 Å². The van der Waals surface area contributed by atoms with E-state index in [4.69, 9.17) is 25.8 Å². The van der Waals surface area contributed by atoms with Crippen LogP contribution in [0.3, 0.4) is 0 Å². The number of rotatable bonds is 11. The van der Waals surface area contributed by atoms with E-state index >= 15 is 0 Å². The second kappa shape index (κ2) is 12.0. The predicted octanol–water partition coefficient (Wildman–Crippen LogP) is 5.25. The van der Waals surface area contributed by atoms with Crippen molar-refractivity contribution in [2.24, 2.45) is 0 Å². The lowest BCUT2D eigenvalue weighted by molar-refractivity contribution is 0.0787. The minimum absolute atomic E-state index is 0.0851. The van der Waals surface area contributed by atoms with Crippen LogP contribution in [0, 0.1) is 0 Å². The number of benzene rings is 2. The minimum atomic E-state index is -0.0851. The molecule has 0 spiro atoms. The summed E-state index contributed by atoms with van der Waals surface area (Å²) < 4.78 is 17.3. The summed E-state index contributed by atoms with van der Waals surface area (Å²) in [6, 6.07) is 16.3. The molecule has 2 aromatic carbocycles. The molecule has 0 radical (unpaired) electrons. The monoisotopic (exact) mass is 454 g/mol. The summed E-state index contributed by atoms with van der Waals surface area (Å²) in [6.45, 7) is 3.83. The summed E-state index contributed by atoms with van der Waals surface area (Å²) in [5.74, 6) is 1.82. The highest BCUT2D eigenvalue weighted by Gasteiger charge is 2.15. The van der Waals surface area contributed by atoms with Crippen LogP contribution in [-0.2, 0) is 6.61 Å². The Morgan fingerprint density at radius 2 is 1.72 bits per heavy atom. The van der Waals surface area contributed by atoms with Crippen molar-refractivity contribution in [1.82, 2.24) is 9.88 Å². The summed E-state index contributed by atoms with van der Waals surface area (Å²) in [7, 11) is 1.78. The molecule has 1 aromatic heterocycles. The normalized spacial score (nSPS) is 10.5. The van der Waals surface area contributed by atoms with E-state index in [2.05, 4.69) is 4.98 Å². The van der Waals surface area contributed by atoms with Gasteiger partial charge in [0.1, 0.15) is 12.4 Å². The standard InChI is InChI=1S/C25H27ClN2O4/c1-3-30-24-17-20(5-10-23(24)32-18-19-11-13-27-14-12-19)25(29)28(2)15-4-16-31-22-8-6-21(26)7-9-22/h5-14,17H,3-4,15-16,18H2,1-2H3. The summed E-state index contributed by atoms with van der Waals surface area (Å²) in [5, 5.41) is 0.669. The van der Waals surface area contributed by atoms with E-state index in [-0.39, 0.29) is 5.91 Å². The Balaban J connectivity index is 1.54. The van der Waals surface area contributed by atoms with Crippen LogP contribution in [0.2, 0.25) is 5.02 Å². The lowest BCUT2D eigenvalue weighted by Crippen LogP contribution is -2.28. The van der Waals surface area contributed by atoms with Crippen molar-refractivity contribution in [3.05, 3.63) is 83.1 Å². The number of ether oxygens (including phenoxy) is 3. The molecule has 32 heavy (non-hydrogen) atoms. The van der Waals surface area contributed by atoms with Crippen LogP contribution in [0.1, 0.15) is 29.3 Å². The van der Waals surface area contributed by atoms with E-state index in [1.165, 1.54) is 0 Å². The van der Waals surface area contributed by atoms with E-state index < -0.39 is 0 Å². The number of halogens is 1. The van der Waals surface area contributed by atoms with Gasteiger partial charge in [-0.1, -0.05) is 11.6 Å². The van der Waals surface area contributed by atoms with Crippen LogP contribution in [0.25, 0.3) is 0 Å². The van der Waals surface area contributed by atoms with Crippen LogP contribution in [0.15, 0.2) is 67.0 Å². The first-order chi connectivity index (χ1) is 15.6. The third-order valence-electron chi connectivity index (χ3n) is 4.70. The molecule has 0 bridgehead atoms. The maximum atomic E-state index is 12.9. The minimum Gasteiger partial charge on any atom is -0.494 e. The summed E-state index contributed by atoms with van der Waals surface area (Å²) in [6.07, 6.45) is 4.15. The van der Waals surface area contributed by atoms with Gasteiger partial charge in [-0.25, -0.2) is 0 Å². The van der Waals surface area contributed by atoms with Crippen molar-refractivity contribution >= 4 is 17.5 Å². The molecule has 1 amide bonds. The lowest BCUT2D eigenvalue weighted by atomic mass is 10.1. The molecule has 168 valence electrons. The molecule has 0 N–H and O–H groups in total. The van der Waals surface area contributed by atoms with Crippen LogP contribution in [0.5, 0.6) is 17.2 Å². The van der Waals surface area contributed by atoms with E-state index in [0.29, 0.717) is 54.9 Å². The van der Waals surface area contributed by atoms with Crippen molar-refractivity contribution in [3.63, 3.8) is 0 Å². The number of hydrogen-bond donors (Lipinski definition) is 0. The van der Waals surface area contributed by atoms with E-state index in [1.807, 2.05) is 31.2 Å². The summed E-state index contributed by atoms with van der Waals surface area (Å²) in [4.78, 5) is 18.5. The molecule has 0 atom stereocenters. The quantitative estimate of drug-likeness (QED) is 0.370. The second-order valence-electron chi connectivity index (χ2n) is 7.12. The molecule has 0 saturated heterocycles. The van der Waals surface area contributed by atoms with Gasteiger partial charge in [0, 0.05) is 36.6 Å². The molecule has 0 fully saturated rings. The van der Waals surface area contributed by atoms with Gasteiger partial charge in [-0.15, -0.1) is 0 Å². The van der Waals surface area contributed by atoms with Crippen molar-refractivity contribution in [1.29, 1.82) is 0 Å². The number of hydrogen-bond acceptors (Lipinski definition) is 5. The maximum Gasteiger partial charge on any atom is 0.253 e. The lowest BCUT2D eigenvalue weighted by Gasteiger charge is -2.19. The smallest absolute Gasteiger partial charge is 0.253 e. The average molecular weight is 455 g/mol. The largest absolute Gasteiger partial charge is 0.494 e. The van der Waals surface area contributed by atoms with Crippen LogP contribution < -0.4 is 14.2 Å².